The van der Waals surface area contributed by atoms with Crippen molar-refractivity contribution in [3.8, 4) is 0 Å². The molecule has 5 nitrogen and oxygen atoms in total. The number of aromatic nitrogens is 1. The Balaban J connectivity index is 1.54. The van der Waals surface area contributed by atoms with E-state index in [2.05, 4.69) is 14.6 Å². The van der Waals surface area contributed by atoms with Gasteiger partial charge in [0.25, 0.3) is 0 Å². The van der Waals surface area contributed by atoms with Crippen molar-refractivity contribution in [3.05, 3.63) is 47.0 Å². The molecule has 0 bridgehead atoms. The van der Waals surface area contributed by atoms with Gasteiger partial charge in [0.05, 0.1) is 5.75 Å². The van der Waals surface area contributed by atoms with E-state index in [0.29, 0.717) is 12.5 Å². The fourth-order valence-corrected chi connectivity index (χ4v) is 4.98. The number of nitrogens with one attached hydrogen (secondary N) is 1. The minimum absolute atomic E-state index is 0.0393. The number of anilines is 1. The first-order valence-corrected chi connectivity index (χ1v) is 10.7. The number of aryl methyl sites for hydroxylation is 1. The minimum Gasteiger partial charge on any atom is -0.348 e. The predicted octanol–water partition coefficient (Wildman–Crippen LogP) is 2.79. The van der Waals surface area contributed by atoms with E-state index in [-0.39, 0.29) is 5.75 Å². The van der Waals surface area contributed by atoms with Gasteiger partial charge in [0.1, 0.15) is 0 Å². The molecular formula is C17H23N3O2S2. The van der Waals surface area contributed by atoms with E-state index in [4.69, 9.17) is 0 Å². The van der Waals surface area contributed by atoms with E-state index in [0.717, 1.165) is 42.2 Å². The standard InChI is InChI=1S/C17H23N3O2S2/c1-14-4-2-5-15(10-14)13-24(21,22)19-11-16-6-3-8-20(12-16)17-18-7-9-23-17/h2,4-5,7,9-10,16,19H,3,6,8,11-13H2,1H3. The summed E-state index contributed by atoms with van der Waals surface area (Å²) in [5.74, 6) is 0.368. The predicted molar refractivity (Wildman–Crippen MR) is 98.9 cm³/mol. The van der Waals surface area contributed by atoms with Crippen LogP contribution in [0.1, 0.15) is 24.0 Å². The fourth-order valence-electron chi connectivity index (χ4n) is 3.09. The van der Waals surface area contributed by atoms with Crippen molar-refractivity contribution in [2.45, 2.75) is 25.5 Å². The molecule has 1 aliphatic heterocycles. The van der Waals surface area contributed by atoms with Gasteiger partial charge in [-0.15, -0.1) is 11.3 Å². The lowest BCUT2D eigenvalue weighted by Crippen LogP contribution is -2.41. The second-order valence-corrected chi connectivity index (χ2v) is 9.05. The summed E-state index contributed by atoms with van der Waals surface area (Å²) in [6, 6.07) is 7.65. The number of thiazole rings is 1. The van der Waals surface area contributed by atoms with Crippen molar-refractivity contribution >= 4 is 26.5 Å². The Labute approximate surface area is 147 Å². The monoisotopic (exact) mass is 365 g/mol. The zero-order valence-electron chi connectivity index (χ0n) is 13.8. The number of sulfonamides is 1. The molecule has 1 fully saturated rings. The third-order valence-corrected chi connectivity index (χ3v) is 6.39. The van der Waals surface area contributed by atoms with E-state index < -0.39 is 10.0 Å². The van der Waals surface area contributed by atoms with Crippen LogP contribution in [-0.2, 0) is 15.8 Å². The molecule has 1 aromatic carbocycles. The molecule has 1 saturated heterocycles. The van der Waals surface area contributed by atoms with Crippen LogP contribution in [0.5, 0.6) is 0 Å². The van der Waals surface area contributed by atoms with Crippen molar-refractivity contribution < 1.29 is 8.42 Å². The van der Waals surface area contributed by atoms with Gasteiger partial charge in [-0.1, -0.05) is 29.8 Å². The lowest BCUT2D eigenvalue weighted by atomic mass is 9.99. The van der Waals surface area contributed by atoms with E-state index in [9.17, 15) is 8.42 Å². The largest absolute Gasteiger partial charge is 0.348 e. The first kappa shape index (κ1) is 17.4. The van der Waals surface area contributed by atoms with Gasteiger partial charge in [0.15, 0.2) is 5.13 Å². The fraction of sp³-hybridized carbons (Fsp3) is 0.471. The first-order chi connectivity index (χ1) is 11.5. The summed E-state index contributed by atoms with van der Waals surface area (Å²) in [6.07, 6.45) is 3.94. The molecule has 7 heteroatoms. The van der Waals surface area contributed by atoms with Crippen LogP contribution in [0, 0.1) is 12.8 Å². The van der Waals surface area contributed by atoms with Gasteiger partial charge in [0.2, 0.25) is 10.0 Å². The molecule has 130 valence electrons. The van der Waals surface area contributed by atoms with Gasteiger partial charge in [-0.05, 0) is 31.2 Å². The van der Waals surface area contributed by atoms with Gasteiger partial charge in [-0.2, -0.15) is 0 Å². The Morgan fingerprint density at radius 1 is 1.42 bits per heavy atom. The topological polar surface area (TPSA) is 62.3 Å². The average Bonchev–Trinajstić information content (AvgIpc) is 3.07. The Hall–Kier alpha value is -1.44. The highest BCUT2D eigenvalue weighted by Gasteiger charge is 2.23. The lowest BCUT2D eigenvalue weighted by molar-refractivity contribution is 0.410. The maximum atomic E-state index is 12.3. The molecule has 2 aromatic rings. The lowest BCUT2D eigenvalue weighted by Gasteiger charge is -2.32. The maximum Gasteiger partial charge on any atom is 0.215 e. The van der Waals surface area contributed by atoms with Crippen LogP contribution in [-0.4, -0.2) is 33.0 Å². The second kappa shape index (κ2) is 7.63. The van der Waals surface area contributed by atoms with Gasteiger partial charge in [0, 0.05) is 31.2 Å². The number of hydrogen-bond acceptors (Lipinski definition) is 5. The molecule has 1 aromatic heterocycles. The molecule has 1 unspecified atom stereocenters. The summed E-state index contributed by atoms with van der Waals surface area (Å²) >= 11 is 1.63. The zero-order chi connectivity index (χ0) is 17.0. The third-order valence-electron chi connectivity index (χ3n) is 4.24. The number of rotatable bonds is 6. The summed E-state index contributed by atoms with van der Waals surface area (Å²) in [7, 11) is -3.30. The van der Waals surface area contributed by atoms with Crippen molar-refractivity contribution in [1.82, 2.24) is 9.71 Å². The SMILES string of the molecule is Cc1cccc(CS(=O)(=O)NCC2CCCN(c3nccs3)C2)c1. The molecule has 2 heterocycles. The van der Waals surface area contributed by atoms with Crippen LogP contribution >= 0.6 is 11.3 Å². The normalized spacial score (nSPS) is 18.7. The Kier molecular flexibility index (Phi) is 5.53. The van der Waals surface area contributed by atoms with Gasteiger partial charge >= 0.3 is 0 Å². The highest BCUT2D eigenvalue weighted by atomic mass is 32.2. The maximum absolute atomic E-state index is 12.3. The Morgan fingerprint density at radius 2 is 2.29 bits per heavy atom. The number of benzene rings is 1. The molecule has 1 aliphatic rings. The molecule has 0 spiro atoms. The van der Waals surface area contributed by atoms with E-state index >= 15 is 0 Å². The molecular weight excluding hydrogens is 342 g/mol. The van der Waals surface area contributed by atoms with Gasteiger partial charge in [-0.25, -0.2) is 18.1 Å². The Morgan fingerprint density at radius 3 is 3.04 bits per heavy atom. The van der Waals surface area contributed by atoms with E-state index in [1.54, 1.807) is 11.3 Å². The van der Waals surface area contributed by atoms with Crippen LogP contribution in [0.2, 0.25) is 0 Å². The van der Waals surface area contributed by atoms with E-state index in [1.807, 2.05) is 42.8 Å². The van der Waals surface area contributed by atoms with Gasteiger partial charge in [-0.3, -0.25) is 0 Å². The molecule has 3 rings (SSSR count). The minimum atomic E-state index is -3.30. The van der Waals surface area contributed by atoms with Crippen LogP contribution in [0.3, 0.4) is 0 Å². The molecule has 0 radical (unpaired) electrons. The smallest absolute Gasteiger partial charge is 0.215 e. The van der Waals surface area contributed by atoms with Crippen LogP contribution in [0.15, 0.2) is 35.8 Å². The molecule has 0 saturated carbocycles. The molecule has 0 aliphatic carbocycles. The van der Waals surface area contributed by atoms with Crippen molar-refractivity contribution in [2.24, 2.45) is 5.92 Å². The Bertz CT molecular complexity index is 760. The van der Waals surface area contributed by atoms with Gasteiger partial charge < -0.3 is 4.90 Å². The summed E-state index contributed by atoms with van der Waals surface area (Å²) in [5, 5.41) is 3.01. The van der Waals surface area contributed by atoms with Crippen molar-refractivity contribution in [3.63, 3.8) is 0 Å². The van der Waals surface area contributed by atoms with Crippen molar-refractivity contribution in [1.29, 1.82) is 0 Å². The molecule has 1 N–H and O–H groups in total. The highest BCUT2D eigenvalue weighted by molar-refractivity contribution is 7.88. The van der Waals surface area contributed by atoms with Crippen LogP contribution in [0.4, 0.5) is 5.13 Å². The number of hydrogen-bond donors (Lipinski definition) is 1. The summed E-state index contributed by atoms with van der Waals surface area (Å²) in [6.45, 7) is 4.33. The van der Waals surface area contributed by atoms with Crippen LogP contribution in [0.25, 0.3) is 0 Å². The summed E-state index contributed by atoms with van der Waals surface area (Å²) < 4.78 is 27.4. The molecule has 0 amide bonds. The second-order valence-electron chi connectivity index (χ2n) is 6.37. The molecule has 1 atom stereocenters. The summed E-state index contributed by atoms with van der Waals surface area (Å²) in [4.78, 5) is 6.61. The third kappa shape index (κ3) is 4.78. The zero-order valence-corrected chi connectivity index (χ0v) is 15.4. The summed E-state index contributed by atoms with van der Waals surface area (Å²) in [5.41, 5.74) is 1.91. The quantitative estimate of drug-likeness (QED) is 0.855. The number of piperidine rings is 1. The first-order valence-electron chi connectivity index (χ1n) is 8.19. The highest BCUT2D eigenvalue weighted by Crippen LogP contribution is 2.24. The van der Waals surface area contributed by atoms with E-state index in [1.165, 1.54) is 0 Å². The van der Waals surface area contributed by atoms with Crippen LogP contribution < -0.4 is 9.62 Å². The average molecular weight is 366 g/mol. The number of nitrogens with zero attached hydrogens (tertiary/aromatic N) is 2. The van der Waals surface area contributed by atoms with Crippen molar-refractivity contribution in [2.75, 3.05) is 24.5 Å². The molecule has 24 heavy (non-hydrogen) atoms.